The summed E-state index contributed by atoms with van der Waals surface area (Å²) in [6.45, 7) is 0. The number of aromatic nitrogens is 3. The van der Waals surface area contributed by atoms with Crippen molar-refractivity contribution in [2.75, 3.05) is 21.3 Å². The molecule has 11 heteroatoms. The maximum Gasteiger partial charge on any atom is 3.00 e. The normalized spacial score (nSPS) is 9.73. The van der Waals surface area contributed by atoms with Crippen molar-refractivity contribution in [3.63, 3.8) is 0 Å². The van der Waals surface area contributed by atoms with Crippen molar-refractivity contribution >= 4 is 67.4 Å². The molecule has 6 rings (SSSR count). The molecule has 0 radical (unpaired) electrons. The van der Waals surface area contributed by atoms with Gasteiger partial charge in [0.15, 0.2) is 0 Å². The average Bonchev–Trinajstić information content (AvgIpc) is 2.98. The Morgan fingerprint density at radius 3 is 0.951 bits per heavy atom. The van der Waals surface area contributed by atoms with Crippen LogP contribution in [0.25, 0.3) is 32.7 Å². The summed E-state index contributed by atoms with van der Waals surface area (Å²) in [4.78, 5) is 12.0. The topological polar surface area (TPSA) is 136 Å². The van der Waals surface area contributed by atoms with Gasteiger partial charge in [0.25, 0.3) is 0 Å². The third kappa shape index (κ3) is 7.49. The maximum atomic E-state index is 11.3. The van der Waals surface area contributed by atoms with Gasteiger partial charge in [0, 0.05) is 34.7 Å². The van der Waals surface area contributed by atoms with Gasteiger partial charge in [0.1, 0.15) is 17.2 Å². The molecule has 0 amide bonds. The van der Waals surface area contributed by atoms with Gasteiger partial charge in [-0.2, -0.15) is 0 Å². The van der Waals surface area contributed by atoms with Crippen LogP contribution in [0.15, 0.2) is 91.4 Å². The van der Waals surface area contributed by atoms with E-state index in [9.17, 15) is 15.3 Å². The molecule has 9 nitrogen and oxygen atoms in total. The average molecular weight is 577 g/mol. The number of para-hydroxylation sites is 3. The van der Waals surface area contributed by atoms with E-state index in [0.717, 1.165) is 16.2 Å². The molecule has 0 saturated carbocycles. The molecule has 0 spiro atoms. The van der Waals surface area contributed by atoms with E-state index >= 15 is 0 Å². The summed E-state index contributed by atoms with van der Waals surface area (Å²) in [5.74, 6) is 1.83. The van der Waals surface area contributed by atoms with Crippen molar-refractivity contribution in [2.45, 2.75) is 0 Å². The van der Waals surface area contributed by atoms with Gasteiger partial charge in [-0.05, 0) is 36.4 Å². The van der Waals surface area contributed by atoms with Gasteiger partial charge in [-0.15, -0.1) is 0 Å². The number of hydrogen-bond acceptors (Lipinski definition) is 9. The number of nitrogens with zero attached hydrogens (tertiary/aromatic N) is 3. The zero-order valence-corrected chi connectivity index (χ0v) is 24.9. The predicted octanol–water partition coefficient (Wildman–Crippen LogP) is 3.19. The number of fused-ring (bicyclic) bond motifs is 3. The Kier molecular flexibility index (Phi) is 12.5. The Labute approximate surface area is 258 Å². The Morgan fingerprint density at radius 2 is 0.707 bits per heavy atom. The van der Waals surface area contributed by atoms with Crippen molar-refractivity contribution in [1.82, 2.24) is 15.0 Å². The Balaban J connectivity index is 0.000000210. The van der Waals surface area contributed by atoms with Crippen LogP contribution in [0.5, 0.6) is 34.5 Å². The van der Waals surface area contributed by atoms with Gasteiger partial charge in [0.05, 0.1) is 37.9 Å². The van der Waals surface area contributed by atoms with Crippen LogP contribution in [0.2, 0.25) is 0 Å². The number of hydrogen-bond donors (Lipinski definition) is 0. The first kappa shape index (κ1) is 33.0. The number of methoxy groups -OCH3 is 3. The first-order valence-corrected chi connectivity index (χ1v) is 11.7. The Bertz CT molecular complexity index is 1530. The molecule has 0 aliphatic heterocycles. The van der Waals surface area contributed by atoms with E-state index in [4.69, 9.17) is 14.2 Å². The molecule has 0 aliphatic carbocycles. The Morgan fingerprint density at radius 1 is 0.439 bits per heavy atom. The van der Waals surface area contributed by atoms with E-state index in [-0.39, 0.29) is 52.0 Å². The molecule has 3 aromatic heterocycles. The Hall–Kier alpha value is -4.25. The third-order valence-corrected chi connectivity index (χ3v) is 5.74. The molecular formula is C30H24Al2N3O6+3. The predicted molar refractivity (Wildman–Crippen MR) is 155 cm³/mol. The van der Waals surface area contributed by atoms with E-state index < -0.39 is 0 Å². The van der Waals surface area contributed by atoms with Crippen molar-refractivity contribution in [1.29, 1.82) is 0 Å². The molecule has 0 bridgehead atoms. The van der Waals surface area contributed by atoms with Crippen LogP contribution in [-0.2, 0) is 0 Å². The summed E-state index contributed by atoms with van der Waals surface area (Å²) >= 11 is 0. The van der Waals surface area contributed by atoms with E-state index in [0.29, 0.717) is 33.8 Å². The van der Waals surface area contributed by atoms with Gasteiger partial charge in [-0.3, -0.25) is 15.0 Å². The van der Waals surface area contributed by atoms with Crippen LogP contribution in [-0.4, -0.2) is 71.0 Å². The first-order valence-electron chi connectivity index (χ1n) is 11.7. The fourth-order valence-electron chi connectivity index (χ4n) is 3.90. The standard InChI is InChI=1S/3C10H9NO2.2Al/c3*1-13-9-5-6-11-10-7(9)3-2-4-8(10)12;;/h3*2-6,12H,1H3;;/q;;;2*+3/p-3. The second-order valence-corrected chi connectivity index (χ2v) is 8.00. The molecule has 0 fully saturated rings. The first-order chi connectivity index (χ1) is 19.0. The molecule has 3 aromatic carbocycles. The summed E-state index contributed by atoms with van der Waals surface area (Å²) in [5, 5.41) is 36.3. The summed E-state index contributed by atoms with van der Waals surface area (Å²) in [6, 6.07) is 20.3. The van der Waals surface area contributed by atoms with Crippen LogP contribution in [0.3, 0.4) is 0 Å². The van der Waals surface area contributed by atoms with Crippen molar-refractivity contribution in [3.05, 3.63) is 91.4 Å². The fraction of sp³-hybridized carbons (Fsp3) is 0.100. The third-order valence-electron chi connectivity index (χ3n) is 5.74. The molecule has 0 atom stereocenters. The van der Waals surface area contributed by atoms with Gasteiger partial charge in [-0.1, -0.05) is 53.6 Å². The van der Waals surface area contributed by atoms with Gasteiger partial charge < -0.3 is 29.5 Å². The van der Waals surface area contributed by atoms with Gasteiger partial charge >= 0.3 is 34.7 Å². The molecule has 0 aliphatic rings. The maximum absolute atomic E-state index is 11.3. The van der Waals surface area contributed by atoms with Crippen LogP contribution in [0, 0.1) is 0 Å². The zero-order chi connectivity index (χ0) is 27.8. The number of ether oxygens (including phenoxy) is 3. The minimum atomic E-state index is -0.0728. The van der Waals surface area contributed by atoms with Crippen molar-refractivity contribution in [3.8, 4) is 34.5 Å². The molecule has 0 N–H and O–H groups in total. The zero-order valence-electron chi connectivity index (χ0n) is 22.6. The number of benzene rings is 3. The smallest absolute Gasteiger partial charge is 0.871 e. The molecule has 0 saturated heterocycles. The monoisotopic (exact) mass is 576 g/mol. The van der Waals surface area contributed by atoms with Crippen LogP contribution < -0.4 is 29.5 Å². The fourth-order valence-corrected chi connectivity index (χ4v) is 3.90. The minimum absolute atomic E-state index is 0. The molecule has 6 aromatic rings. The van der Waals surface area contributed by atoms with Crippen LogP contribution in [0.1, 0.15) is 0 Å². The van der Waals surface area contributed by atoms with E-state index in [2.05, 4.69) is 15.0 Å². The molecular weight excluding hydrogens is 552 g/mol. The SMILES string of the molecule is COc1ccnc2c([O-])cccc12.COc1ccnc2c([O-])cccc12.COc1ccnc2c([O-])cccc12.[Al+3].[Al+3]. The summed E-state index contributed by atoms with van der Waals surface area (Å²) in [5.41, 5.74) is 1.38. The van der Waals surface area contributed by atoms with Gasteiger partial charge in [-0.25, -0.2) is 0 Å². The molecule has 0 unspecified atom stereocenters. The van der Waals surface area contributed by atoms with E-state index in [1.54, 1.807) is 76.3 Å². The van der Waals surface area contributed by atoms with Gasteiger partial charge in [0.2, 0.25) is 0 Å². The second-order valence-electron chi connectivity index (χ2n) is 8.00. The summed E-state index contributed by atoms with van der Waals surface area (Å²) in [6.07, 6.45) is 4.72. The van der Waals surface area contributed by atoms with Crippen LogP contribution in [0.4, 0.5) is 0 Å². The van der Waals surface area contributed by atoms with Crippen molar-refractivity contribution in [2.24, 2.45) is 0 Å². The van der Waals surface area contributed by atoms with Crippen LogP contribution >= 0.6 is 0 Å². The number of rotatable bonds is 3. The molecule has 198 valence electrons. The minimum Gasteiger partial charge on any atom is -0.871 e. The number of pyridine rings is 3. The second kappa shape index (κ2) is 15.5. The van der Waals surface area contributed by atoms with E-state index in [1.165, 1.54) is 18.2 Å². The van der Waals surface area contributed by atoms with Crippen molar-refractivity contribution < 1.29 is 29.5 Å². The molecule has 3 heterocycles. The quantitative estimate of drug-likeness (QED) is 0.291. The molecule has 41 heavy (non-hydrogen) atoms. The summed E-state index contributed by atoms with van der Waals surface area (Å²) in [7, 11) is 4.73. The van der Waals surface area contributed by atoms with E-state index in [1.807, 2.05) is 18.2 Å². The largest absolute Gasteiger partial charge is 3.00 e. The summed E-state index contributed by atoms with van der Waals surface area (Å²) < 4.78 is 15.3.